The highest BCUT2D eigenvalue weighted by atomic mass is 16.5. The number of nitrogens with zero attached hydrogens (tertiary/aromatic N) is 4. The summed E-state index contributed by atoms with van der Waals surface area (Å²) < 4.78 is 11.5. The Morgan fingerprint density at radius 2 is 1.82 bits per heavy atom. The lowest BCUT2D eigenvalue weighted by molar-refractivity contribution is 0.0697. The van der Waals surface area contributed by atoms with Gasteiger partial charge in [0.05, 0.1) is 18.4 Å². The standard InChI is InChI=1S/C24H18N6O4/c1-33-20-14(22-28-16-8-2-3-10-18(16)34-22)7-6-9-17(20)27-21-15(23(31)32)13-26-24(30-21)29-19-11-4-5-12-25-19/h2-13H,1H3,(H,31,32)(H2,25,26,27,29,30). The van der Waals surface area contributed by atoms with Gasteiger partial charge >= 0.3 is 5.97 Å². The lowest BCUT2D eigenvalue weighted by Crippen LogP contribution is -2.09. The van der Waals surface area contributed by atoms with Crippen LogP contribution in [0, 0.1) is 0 Å². The summed E-state index contributed by atoms with van der Waals surface area (Å²) in [4.78, 5) is 29.0. The normalized spacial score (nSPS) is 10.7. The SMILES string of the molecule is COc1c(Nc2nc(Nc3ccccn3)ncc2C(=O)O)cccc1-c1nc2ccccc2o1. The summed E-state index contributed by atoms with van der Waals surface area (Å²) in [5.74, 6) is 0.394. The number of carboxylic acids is 1. The molecule has 3 aromatic heterocycles. The Hall–Kier alpha value is -4.99. The van der Waals surface area contributed by atoms with Crippen molar-refractivity contribution in [2.75, 3.05) is 17.7 Å². The lowest BCUT2D eigenvalue weighted by Gasteiger charge is -2.15. The second-order valence-corrected chi connectivity index (χ2v) is 7.10. The molecule has 0 aliphatic heterocycles. The van der Waals surface area contributed by atoms with Gasteiger partial charge in [0.1, 0.15) is 16.9 Å². The van der Waals surface area contributed by atoms with E-state index in [4.69, 9.17) is 9.15 Å². The molecule has 10 nitrogen and oxygen atoms in total. The summed E-state index contributed by atoms with van der Waals surface area (Å²) in [7, 11) is 1.51. The zero-order valence-electron chi connectivity index (χ0n) is 17.9. The molecule has 0 atom stereocenters. The van der Waals surface area contributed by atoms with E-state index < -0.39 is 5.97 Å². The maximum atomic E-state index is 11.8. The molecular weight excluding hydrogens is 436 g/mol. The highest BCUT2D eigenvalue weighted by Crippen LogP contribution is 2.38. The minimum atomic E-state index is -1.18. The molecule has 0 unspecified atom stereocenters. The van der Waals surface area contributed by atoms with Gasteiger partial charge in [-0.15, -0.1) is 0 Å². The second kappa shape index (κ2) is 8.87. The first kappa shape index (κ1) is 20.9. The number of pyridine rings is 1. The predicted octanol–water partition coefficient (Wildman–Crippen LogP) is 4.87. The molecule has 5 rings (SSSR count). The van der Waals surface area contributed by atoms with Gasteiger partial charge in [0.15, 0.2) is 17.2 Å². The van der Waals surface area contributed by atoms with Gasteiger partial charge < -0.3 is 24.9 Å². The van der Waals surface area contributed by atoms with Crippen molar-refractivity contribution in [2.24, 2.45) is 0 Å². The Balaban J connectivity index is 1.54. The number of para-hydroxylation sites is 3. The van der Waals surface area contributed by atoms with Crippen LogP contribution >= 0.6 is 0 Å². The molecule has 0 amide bonds. The number of benzene rings is 2. The van der Waals surface area contributed by atoms with E-state index in [0.717, 1.165) is 0 Å². The van der Waals surface area contributed by atoms with Crippen molar-refractivity contribution in [1.29, 1.82) is 0 Å². The third-order valence-electron chi connectivity index (χ3n) is 4.92. The van der Waals surface area contributed by atoms with Crippen molar-refractivity contribution in [3.8, 4) is 17.2 Å². The molecule has 3 N–H and O–H groups in total. The number of hydrogen-bond donors (Lipinski definition) is 3. The van der Waals surface area contributed by atoms with E-state index in [9.17, 15) is 9.90 Å². The molecule has 0 spiro atoms. The number of hydrogen-bond acceptors (Lipinski definition) is 9. The fourth-order valence-corrected chi connectivity index (χ4v) is 3.38. The van der Waals surface area contributed by atoms with Crippen LogP contribution in [0.1, 0.15) is 10.4 Å². The van der Waals surface area contributed by atoms with E-state index in [0.29, 0.717) is 39.8 Å². The second-order valence-electron chi connectivity index (χ2n) is 7.10. The van der Waals surface area contributed by atoms with Crippen molar-refractivity contribution in [3.63, 3.8) is 0 Å². The lowest BCUT2D eigenvalue weighted by atomic mass is 10.1. The van der Waals surface area contributed by atoms with Crippen LogP contribution in [-0.4, -0.2) is 38.1 Å². The third kappa shape index (κ3) is 4.07. The van der Waals surface area contributed by atoms with E-state index in [-0.39, 0.29) is 17.3 Å². The number of aromatic nitrogens is 4. The molecule has 0 saturated heterocycles. The number of carboxylic acid groups (broad SMARTS) is 1. The van der Waals surface area contributed by atoms with Gasteiger partial charge in [-0.05, 0) is 36.4 Å². The number of aromatic carboxylic acids is 1. The zero-order chi connectivity index (χ0) is 23.5. The number of rotatable bonds is 7. The summed E-state index contributed by atoms with van der Waals surface area (Å²) >= 11 is 0. The third-order valence-corrected chi connectivity index (χ3v) is 4.92. The molecule has 0 aliphatic rings. The molecular formula is C24H18N6O4. The first-order valence-electron chi connectivity index (χ1n) is 10.2. The average molecular weight is 454 g/mol. The number of methoxy groups -OCH3 is 1. The number of ether oxygens (including phenoxy) is 1. The summed E-state index contributed by atoms with van der Waals surface area (Å²) in [5.41, 5.74) is 2.33. The molecule has 0 aliphatic carbocycles. The molecule has 0 bridgehead atoms. The van der Waals surface area contributed by atoms with E-state index in [1.54, 1.807) is 36.5 Å². The summed E-state index contributed by atoms with van der Waals surface area (Å²) in [6.07, 6.45) is 2.84. The quantitative estimate of drug-likeness (QED) is 0.312. The first-order chi connectivity index (χ1) is 16.6. The van der Waals surface area contributed by atoms with Gasteiger partial charge in [-0.2, -0.15) is 4.98 Å². The van der Waals surface area contributed by atoms with Crippen LogP contribution < -0.4 is 15.4 Å². The van der Waals surface area contributed by atoms with Crippen LogP contribution in [0.4, 0.5) is 23.3 Å². The first-order valence-corrected chi connectivity index (χ1v) is 10.2. The van der Waals surface area contributed by atoms with Crippen LogP contribution in [0.15, 0.2) is 77.5 Å². The van der Waals surface area contributed by atoms with Crippen molar-refractivity contribution < 1.29 is 19.1 Å². The van der Waals surface area contributed by atoms with E-state index >= 15 is 0 Å². The smallest absolute Gasteiger partial charge is 0.341 e. The number of oxazole rings is 1. The van der Waals surface area contributed by atoms with E-state index in [2.05, 4.69) is 30.6 Å². The molecule has 168 valence electrons. The van der Waals surface area contributed by atoms with Crippen molar-refractivity contribution in [3.05, 3.63) is 78.6 Å². The molecule has 3 heterocycles. The molecule has 0 radical (unpaired) electrons. The fraction of sp³-hybridized carbons (Fsp3) is 0.0417. The highest BCUT2D eigenvalue weighted by molar-refractivity contribution is 5.94. The Kier molecular flexibility index (Phi) is 5.45. The number of nitrogens with one attached hydrogen (secondary N) is 2. The summed E-state index contributed by atoms with van der Waals surface area (Å²) in [5, 5.41) is 15.7. The Bertz CT molecular complexity index is 1450. The summed E-state index contributed by atoms with van der Waals surface area (Å²) in [6, 6.07) is 18.1. The predicted molar refractivity (Wildman–Crippen MR) is 126 cm³/mol. The minimum absolute atomic E-state index is 0.0777. The summed E-state index contributed by atoms with van der Waals surface area (Å²) in [6.45, 7) is 0. The van der Waals surface area contributed by atoms with Gasteiger partial charge in [-0.1, -0.05) is 24.3 Å². The fourth-order valence-electron chi connectivity index (χ4n) is 3.38. The highest BCUT2D eigenvalue weighted by Gasteiger charge is 2.20. The van der Waals surface area contributed by atoms with Crippen LogP contribution in [-0.2, 0) is 0 Å². The van der Waals surface area contributed by atoms with Gasteiger partial charge in [-0.25, -0.2) is 19.7 Å². The van der Waals surface area contributed by atoms with E-state index in [1.807, 2.05) is 30.3 Å². The Morgan fingerprint density at radius 1 is 0.971 bits per heavy atom. The zero-order valence-corrected chi connectivity index (χ0v) is 17.9. The number of anilines is 4. The van der Waals surface area contributed by atoms with Gasteiger partial charge in [-0.3, -0.25) is 0 Å². The van der Waals surface area contributed by atoms with Crippen LogP contribution in [0.25, 0.3) is 22.6 Å². The van der Waals surface area contributed by atoms with Gasteiger partial charge in [0.25, 0.3) is 0 Å². The van der Waals surface area contributed by atoms with Crippen molar-refractivity contribution in [2.45, 2.75) is 0 Å². The van der Waals surface area contributed by atoms with Crippen molar-refractivity contribution in [1.82, 2.24) is 19.9 Å². The molecule has 0 fully saturated rings. The average Bonchev–Trinajstić information content (AvgIpc) is 3.29. The van der Waals surface area contributed by atoms with Gasteiger partial charge in [0.2, 0.25) is 11.8 Å². The maximum Gasteiger partial charge on any atom is 0.341 e. The maximum absolute atomic E-state index is 11.8. The van der Waals surface area contributed by atoms with Gasteiger partial charge in [0, 0.05) is 12.4 Å². The van der Waals surface area contributed by atoms with Crippen LogP contribution in [0.3, 0.4) is 0 Å². The molecule has 10 heteroatoms. The van der Waals surface area contributed by atoms with E-state index in [1.165, 1.54) is 13.3 Å². The monoisotopic (exact) mass is 454 g/mol. The number of carbonyl (C=O) groups is 1. The molecule has 5 aromatic rings. The topological polar surface area (TPSA) is 135 Å². The Morgan fingerprint density at radius 3 is 2.59 bits per heavy atom. The number of fused-ring (bicyclic) bond motifs is 1. The molecule has 34 heavy (non-hydrogen) atoms. The Labute approximate surface area is 193 Å². The molecule has 0 saturated carbocycles. The minimum Gasteiger partial charge on any atom is -0.494 e. The van der Waals surface area contributed by atoms with Crippen molar-refractivity contribution >= 4 is 40.3 Å². The molecule has 2 aromatic carbocycles. The van der Waals surface area contributed by atoms with Crippen LogP contribution in [0.2, 0.25) is 0 Å². The largest absolute Gasteiger partial charge is 0.494 e. The van der Waals surface area contributed by atoms with Crippen LogP contribution in [0.5, 0.6) is 5.75 Å².